The van der Waals surface area contributed by atoms with Crippen LogP contribution in [0.15, 0.2) is 0 Å². The molecule has 0 spiro atoms. The molecule has 0 aromatic heterocycles. The van der Waals surface area contributed by atoms with Crippen molar-refractivity contribution in [3.05, 3.63) is 0 Å². The maximum atomic E-state index is 5.52. The second-order valence-electron chi connectivity index (χ2n) is 3.05. The summed E-state index contributed by atoms with van der Waals surface area (Å²) >= 11 is 0. The third-order valence-electron chi connectivity index (χ3n) is 2.24. The lowest BCUT2D eigenvalue weighted by Crippen LogP contribution is -2.15. The summed E-state index contributed by atoms with van der Waals surface area (Å²) in [6.07, 6.45) is 4.45. The van der Waals surface area contributed by atoms with Gasteiger partial charge in [0.2, 0.25) is 0 Å². The second kappa shape index (κ2) is 3.21. The van der Waals surface area contributed by atoms with Crippen LogP contribution in [0.2, 0.25) is 0 Å². The fourth-order valence-electron chi connectivity index (χ4n) is 1.24. The predicted octanol–water partition coefficient (Wildman–Crippen LogP) is 2.21. The van der Waals surface area contributed by atoms with Crippen LogP contribution in [0.3, 0.4) is 0 Å². The summed E-state index contributed by atoms with van der Waals surface area (Å²) in [5.41, 5.74) is 0. The van der Waals surface area contributed by atoms with Gasteiger partial charge < -0.3 is 4.74 Å². The molecule has 0 aromatic carbocycles. The fraction of sp³-hybridized carbons (Fsp3) is 1.00. The Balaban J connectivity index is 2.32. The van der Waals surface area contributed by atoms with Crippen LogP contribution >= 0.6 is 0 Å². The van der Waals surface area contributed by atoms with Gasteiger partial charge >= 0.3 is 0 Å². The molecule has 1 heterocycles. The number of hydrogen-bond donors (Lipinski definition) is 0. The monoisotopic (exact) mass is 128 g/mol. The number of ether oxygens (including phenoxy) is 1. The minimum atomic E-state index is 0.493. The lowest BCUT2D eigenvalue weighted by Gasteiger charge is -2.15. The third-order valence-corrected chi connectivity index (χ3v) is 2.24. The van der Waals surface area contributed by atoms with Crippen molar-refractivity contribution in [2.24, 2.45) is 5.92 Å². The molecule has 1 fully saturated rings. The minimum absolute atomic E-state index is 0.493. The SMILES string of the molecule is CC1CCCCOC1C. The van der Waals surface area contributed by atoms with Crippen molar-refractivity contribution >= 4 is 0 Å². The standard InChI is InChI=1S/C8H16O/c1-7-5-3-4-6-9-8(7)2/h7-8H,3-6H2,1-2H3. The van der Waals surface area contributed by atoms with Gasteiger partial charge in [0.1, 0.15) is 0 Å². The van der Waals surface area contributed by atoms with Gasteiger partial charge in [0.15, 0.2) is 0 Å². The van der Waals surface area contributed by atoms with Crippen molar-refractivity contribution in [2.75, 3.05) is 6.61 Å². The van der Waals surface area contributed by atoms with Crippen molar-refractivity contribution < 1.29 is 4.74 Å². The Morgan fingerprint density at radius 2 is 2.00 bits per heavy atom. The molecule has 1 heteroatoms. The summed E-state index contributed by atoms with van der Waals surface area (Å²) in [7, 11) is 0. The van der Waals surface area contributed by atoms with Gasteiger partial charge in [0.05, 0.1) is 6.10 Å². The van der Waals surface area contributed by atoms with Gasteiger partial charge in [-0.15, -0.1) is 0 Å². The molecule has 0 bridgehead atoms. The molecule has 0 saturated carbocycles. The van der Waals surface area contributed by atoms with Crippen molar-refractivity contribution in [3.63, 3.8) is 0 Å². The summed E-state index contributed by atoms with van der Waals surface area (Å²) in [6.45, 7) is 5.43. The molecule has 0 radical (unpaired) electrons. The van der Waals surface area contributed by atoms with Gasteiger partial charge in [-0.1, -0.05) is 13.3 Å². The maximum Gasteiger partial charge on any atom is 0.0572 e. The van der Waals surface area contributed by atoms with Gasteiger partial charge in [0.25, 0.3) is 0 Å². The molecule has 2 atom stereocenters. The molecule has 0 amide bonds. The molecular formula is C8H16O. The van der Waals surface area contributed by atoms with E-state index in [2.05, 4.69) is 13.8 Å². The van der Waals surface area contributed by atoms with E-state index in [1.165, 1.54) is 19.3 Å². The number of rotatable bonds is 0. The van der Waals surface area contributed by atoms with E-state index >= 15 is 0 Å². The highest BCUT2D eigenvalue weighted by molar-refractivity contribution is 4.64. The molecule has 9 heavy (non-hydrogen) atoms. The molecule has 2 unspecified atom stereocenters. The van der Waals surface area contributed by atoms with E-state index in [1.54, 1.807) is 0 Å². The Morgan fingerprint density at radius 1 is 1.22 bits per heavy atom. The smallest absolute Gasteiger partial charge is 0.0572 e. The molecule has 54 valence electrons. The summed E-state index contributed by atoms with van der Waals surface area (Å²) in [6, 6.07) is 0. The zero-order chi connectivity index (χ0) is 6.69. The van der Waals surface area contributed by atoms with Crippen LogP contribution in [-0.2, 0) is 4.74 Å². The zero-order valence-electron chi connectivity index (χ0n) is 6.39. The Labute approximate surface area is 57.4 Å². The maximum absolute atomic E-state index is 5.52. The predicted molar refractivity (Wildman–Crippen MR) is 38.4 cm³/mol. The zero-order valence-corrected chi connectivity index (χ0v) is 6.39. The molecule has 1 aliphatic heterocycles. The highest BCUT2D eigenvalue weighted by Gasteiger charge is 2.14. The van der Waals surface area contributed by atoms with E-state index in [0.717, 1.165) is 12.5 Å². The van der Waals surface area contributed by atoms with Crippen LogP contribution in [0.25, 0.3) is 0 Å². The first-order chi connectivity index (χ1) is 4.30. The van der Waals surface area contributed by atoms with Crippen molar-refractivity contribution in [1.29, 1.82) is 0 Å². The van der Waals surface area contributed by atoms with Gasteiger partial charge in [-0.2, -0.15) is 0 Å². The quantitative estimate of drug-likeness (QED) is 0.486. The summed E-state index contributed by atoms with van der Waals surface area (Å²) in [4.78, 5) is 0. The molecule has 1 rings (SSSR count). The average molecular weight is 128 g/mol. The van der Waals surface area contributed by atoms with Crippen LogP contribution in [0.4, 0.5) is 0 Å². The Morgan fingerprint density at radius 3 is 2.78 bits per heavy atom. The summed E-state index contributed by atoms with van der Waals surface area (Å²) in [5.74, 6) is 0.771. The molecule has 0 aromatic rings. The second-order valence-corrected chi connectivity index (χ2v) is 3.05. The topological polar surface area (TPSA) is 9.23 Å². The lowest BCUT2D eigenvalue weighted by atomic mass is 10.0. The van der Waals surface area contributed by atoms with E-state index in [-0.39, 0.29) is 0 Å². The first-order valence-corrected chi connectivity index (χ1v) is 3.92. The van der Waals surface area contributed by atoms with Gasteiger partial charge in [0, 0.05) is 6.61 Å². The van der Waals surface area contributed by atoms with Crippen LogP contribution in [0.1, 0.15) is 33.1 Å². The minimum Gasteiger partial charge on any atom is -0.378 e. The number of hydrogen-bond acceptors (Lipinski definition) is 1. The van der Waals surface area contributed by atoms with Gasteiger partial charge in [-0.25, -0.2) is 0 Å². The van der Waals surface area contributed by atoms with Crippen LogP contribution in [0, 0.1) is 5.92 Å². The molecule has 1 aliphatic rings. The summed E-state index contributed by atoms with van der Waals surface area (Å²) < 4.78 is 5.52. The first-order valence-electron chi connectivity index (χ1n) is 3.92. The third kappa shape index (κ3) is 1.98. The van der Waals surface area contributed by atoms with Crippen LogP contribution < -0.4 is 0 Å². The van der Waals surface area contributed by atoms with Crippen LogP contribution in [-0.4, -0.2) is 12.7 Å². The van der Waals surface area contributed by atoms with Gasteiger partial charge in [-0.05, 0) is 25.7 Å². The van der Waals surface area contributed by atoms with Crippen molar-refractivity contribution in [3.8, 4) is 0 Å². The molecule has 1 nitrogen and oxygen atoms in total. The van der Waals surface area contributed by atoms with Crippen molar-refractivity contribution in [2.45, 2.75) is 39.2 Å². The van der Waals surface area contributed by atoms with E-state index < -0.39 is 0 Å². The first kappa shape index (κ1) is 7.07. The van der Waals surface area contributed by atoms with E-state index in [4.69, 9.17) is 4.74 Å². The molecule has 1 saturated heterocycles. The highest BCUT2D eigenvalue weighted by atomic mass is 16.5. The van der Waals surface area contributed by atoms with E-state index in [1.807, 2.05) is 0 Å². The average Bonchev–Trinajstić information content (AvgIpc) is 1.99. The van der Waals surface area contributed by atoms with Gasteiger partial charge in [-0.3, -0.25) is 0 Å². The molecule has 0 N–H and O–H groups in total. The normalized spacial score (nSPS) is 38.0. The van der Waals surface area contributed by atoms with Crippen LogP contribution in [0.5, 0.6) is 0 Å². The Kier molecular flexibility index (Phi) is 2.52. The van der Waals surface area contributed by atoms with E-state index in [0.29, 0.717) is 6.10 Å². The van der Waals surface area contributed by atoms with Crippen molar-refractivity contribution in [1.82, 2.24) is 0 Å². The highest BCUT2D eigenvalue weighted by Crippen LogP contribution is 2.18. The molecule has 0 aliphatic carbocycles. The fourth-order valence-corrected chi connectivity index (χ4v) is 1.24. The summed E-state index contributed by atoms with van der Waals surface area (Å²) in [5, 5.41) is 0. The largest absolute Gasteiger partial charge is 0.378 e. The lowest BCUT2D eigenvalue weighted by molar-refractivity contribution is 0.0442. The Bertz CT molecular complexity index is 70.6. The van der Waals surface area contributed by atoms with E-state index in [9.17, 15) is 0 Å². The Hall–Kier alpha value is -0.0400. The molecular weight excluding hydrogens is 112 g/mol.